The van der Waals surface area contributed by atoms with E-state index < -0.39 is 0 Å². The van der Waals surface area contributed by atoms with E-state index in [0.717, 1.165) is 19.4 Å². The smallest absolute Gasteiger partial charge is 0.146 e. The molecular formula is C11H24O3. The van der Waals surface area contributed by atoms with Crippen LogP contribution in [0, 0.1) is 0 Å². The van der Waals surface area contributed by atoms with Crippen molar-refractivity contribution in [1.82, 2.24) is 0 Å². The van der Waals surface area contributed by atoms with Gasteiger partial charge in [-0.3, -0.25) is 0 Å². The molecule has 3 heteroatoms. The van der Waals surface area contributed by atoms with E-state index in [4.69, 9.17) is 14.2 Å². The predicted molar refractivity (Wildman–Crippen MR) is 57.4 cm³/mol. The zero-order valence-corrected chi connectivity index (χ0v) is 9.75. The molecule has 0 aromatic carbocycles. The third-order valence-electron chi connectivity index (χ3n) is 2.25. The summed E-state index contributed by atoms with van der Waals surface area (Å²) in [5.74, 6) is 0. The van der Waals surface area contributed by atoms with Crippen molar-refractivity contribution in [2.45, 2.75) is 45.1 Å². The van der Waals surface area contributed by atoms with Crippen LogP contribution in [0.4, 0.5) is 0 Å². The minimum atomic E-state index is 0.346. The molecule has 86 valence electrons. The van der Waals surface area contributed by atoms with Crippen molar-refractivity contribution in [2.75, 3.05) is 27.6 Å². The lowest BCUT2D eigenvalue weighted by Crippen LogP contribution is -2.14. The number of rotatable bonds is 10. The molecule has 0 bridgehead atoms. The zero-order chi connectivity index (χ0) is 10.6. The first-order chi connectivity index (χ1) is 6.85. The van der Waals surface area contributed by atoms with Crippen molar-refractivity contribution in [2.24, 2.45) is 0 Å². The van der Waals surface area contributed by atoms with Crippen LogP contribution in [0.25, 0.3) is 0 Å². The highest BCUT2D eigenvalue weighted by atomic mass is 16.7. The Bertz CT molecular complexity index is 107. The molecule has 0 aromatic rings. The third-order valence-corrected chi connectivity index (χ3v) is 2.25. The molecule has 3 nitrogen and oxygen atoms in total. The van der Waals surface area contributed by atoms with Gasteiger partial charge in [0.1, 0.15) is 6.79 Å². The molecule has 0 N–H and O–H groups in total. The predicted octanol–water partition coefficient (Wildman–Crippen LogP) is 2.59. The van der Waals surface area contributed by atoms with Gasteiger partial charge in [0.2, 0.25) is 0 Å². The maximum Gasteiger partial charge on any atom is 0.146 e. The largest absolute Gasteiger partial charge is 0.381 e. The fourth-order valence-corrected chi connectivity index (χ4v) is 1.36. The first-order valence-electron chi connectivity index (χ1n) is 5.44. The Hall–Kier alpha value is -0.120. The van der Waals surface area contributed by atoms with E-state index in [1.165, 1.54) is 19.3 Å². The first kappa shape index (κ1) is 13.9. The van der Waals surface area contributed by atoms with E-state index in [1.807, 2.05) is 0 Å². The quantitative estimate of drug-likeness (QED) is 0.404. The Kier molecular flexibility index (Phi) is 10.9. The summed E-state index contributed by atoms with van der Waals surface area (Å²) in [6.07, 6.45) is 6.25. The lowest BCUT2D eigenvalue weighted by Gasteiger charge is -2.14. The van der Waals surface area contributed by atoms with Crippen LogP contribution in [-0.2, 0) is 14.2 Å². The average molecular weight is 204 g/mol. The molecule has 0 aliphatic heterocycles. The van der Waals surface area contributed by atoms with E-state index in [1.54, 1.807) is 14.2 Å². The van der Waals surface area contributed by atoms with Gasteiger partial charge in [-0.05, 0) is 12.8 Å². The molecule has 0 amide bonds. The van der Waals surface area contributed by atoms with Gasteiger partial charge < -0.3 is 14.2 Å². The maximum atomic E-state index is 5.36. The molecule has 0 radical (unpaired) electrons. The Morgan fingerprint density at radius 1 is 1.07 bits per heavy atom. The van der Waals surface area contributed by atoms with Gasteiger partial charge in [-0.25, -0.2) is 0 Å². The highest BCUT2D eigenvalue weighted by Crippen LogP contribution is 2.09. The standard InChI is InChI=1S/C11H24O3/c1-4-5-6-7-11(13-3)8-9-14-10-12-2/h11H,4-10H2,1-3H3. The van der Waals surface area contributed by atoms with Gasteiger partial charge in [0.15, 0.2) is 0 Å². The summed E-state index contributed by atoms with van der Waals surface area (Å²) in [7, 11) is 3.40. The van der Waals surface area contributed by atoms with E-state index in [-0.39, 0.29) is 0 Å². The highest BCUT2D eigenvalue weighted by Gasteiger charge is 2.06. The van der Waals surface area contributed by atoms with E-state index >= 15 is 0 Å². The number of ether oxygens (including phenoxy) is 3. The van der Waals surface area contributed by atoms with Crippen LogP contribution in [0.3, 0.4) is 0 Å². The molecule has 0 aliphatic carbocycles. The third kappa shape index (κ3) is 8.48. The second-order valence-electron chi connectivity index (χ2n) is 3.46. The van der Waals surface area contributed by atoms with Gasteiger partial charge in [0.25, 0.3) is 0 Å². The molecule has 0 aliphatic rings. The van der Waals surface area contributed by atoms with Crippen LogP contribution in [0.15, 0.2) is 0 Å². The molecular weight excluding hydrogens is 180 g/mol. The zero-order valence-electron chi connectivity index (χ0n) is 9.75. The summed E-state index contributed by atoms with van der Waals surface area (Å²) in [5, 5.41) is 0. The normalized spacial score (nSPS) is 13.1. The monoisotopic (exact) mass is 204 g/mol. The molecule has 0 spiro atoms. The number of hydrogen-bond acceptors (Lipinski definition) is 3. The molecule has 1 unspecified atom stereocenters. The minimum absolute atomic E-state index is 0.346. The lowest BCUT2D eigenvalue weighted by atomic mass is 10.1. The number of hydrogen-bond donors (Lipinski definition) is 0. The Morgan fingerprint density at radius 2 is 1.86 bits per heavy atom. The topological polar surface area (TPSA) is 27.7 Å². The molecule has 0 fully saturated rings. The second-order valence-corrected chi connectivity index (χ2v) is 3.46. The van der Waals surface area contributed by atoms with Gasteiger partial charge in [-0.15, -0.1) is 0 Å². The van der Waals surface area contributed by atoms with Crippen LogP contribution in [0.1, 0.15) is 39.0 Å². The highest BCUT2D eigenvalue weighted by molar-refractivity contribution is 4.57. The first-order valence-corrected chi connectivity index (χ1v) is 5.44. The fourth-order valence-electron chi connectivity index (χ4n) is 1.36. The summed E-state index contributed by atoms with van der Waals surface area (Å²) in [4.78, 5) is 0. The van der Waals surface area contributed by atoms with Crippen LogP contribution in [0.5, 0.6) is 0 Å². The minimum Gasteiger partial charge on any atom is -0.381 e. The number of unbranched alkanes of at least 4 members (excludes halogenated alkanes) is 2. The lowest BCUT2D eigenvalue weighted by molar-refractivity contribution is -0.0441. The maximum absolute atomic E-state index is 5.36. The molecule has 0 saturated carbocycles. The van der Waals surface area contributed by atoms with Crippen LogP contribution >= 0.6 is 0 Å². The summed E-state index contributed by atoms with van der Waals surface area (Å²) in [6, 6.07) is 0. The van der Waals surface area contributed by atoms with Crippen molar-refractivity contribution in [3.63, 3.8) is 0 Å². The molecule has 0 heterocycles. The van der Waals surface area contributed by atoms with E-state index in [9.17, 15) is 0 Å². The number of methoxy groups -OCH3 is 2. The fraction of sp³-hybridized carbons (Fsp3) is 1.00. The molecule has 0 saturated heterocycles. The SMILES string of the molecule is CCCCCC(CCOCOC)OC. The van der Waals surface area contributed by atoms with Crippen LogP contribution < -0.4 is 0 Å². The molecule has 1 atom stereocenters. The van der Waals surface area contributed by atoms with Gasteiger partial charge in [0, 0.05) is 14.2 Å². The Balaban J connectivity index is 3.28. The van der Waals surface area contributed by atoms with Gasteiger partial charge in [-0.2, -0.15) is 0 Å². The van der Waals surface area contributed by atoms with Crippen molar-refractivity contribution in [3.8, 4) is 0 Å². The van der Waals surface area contributed by atoms with Crippen molar-refractivity contribution in [3.05, 3.63) is 0 Å². The summed E-state index contributed by atoms with van der Waals surface area (Å²) in [6.45, 7) is 3.31. The van der Waals surface area contributed by atoms with E-state index in [0.29, 0.717) is 12.9 Å². The van der Waals surface area contributed by atoms with Crippen molar-refractivity contribution in [1.29, 1.82) is 0 Å². The van der Waals surface area contributed by atoms with E-state index in [2.05, 4.69) is 6.92 Å². The van der Waals surface area contributed by atoms with Crippen LogP contribution in [0.2, 0.25) is 0 Å². The summed E-state index contributed by atoms with van der Waals surface area (Å²) in [5.41, 5.74) is 0. The Morgan fingerprint density at radius 3 is 2.43 bits per heavy atom. The molecule has 0 rings (SSSR count). The van der Waals surface area contributed by atoms with Gasteiger partial charge in [0.05, 0.1) is 12.7 Å². The molecule has 14 heavy (non-hydrogen) atoms. The second kappa shape index (κ2) is 11.0. The molecule has 0 aromatic heterocycles. The van der Waals surface area contributed by atoms with Gasteiger partial charge >= 0.3 is 0 Å². The van der Waals surface area contributed by atoms with Gasteiger partial charge in [-0.1, -0.05) is 26.2 Å². The van der Waals surface area contributed by atoms with Crippen LogP contribution in [-0.4, -0.2) is 33.7 Å². The van der Waals surface area contributed by atoms with Crippen molar-refractivity contribution < 1.29 is 14.2 Å². The Labute approximate surface area is 87.7 Å². The van der Waals surface area contributed by atoms with Crippen molar-refractivity contribution >= 4 is 0 Å². The summed E-state index contributed by atoms with van der Waals surface area (Å²) >= 11 is 0. The summed E-state index contributed by atoms with van der Waals surface area (Å²) < 4.78 is 15.4. The average Bonchev–Trinajstić information content (AvgIpc) is 2.22.